The third-order valence-corrected chi connectivity index (χ3v) is 5.10. The highest BCUT2D eigenvalue weighted by Gasteiger charge is 2.35. The van der Waals surface area contributed by atoms with Gasteiger partial charge in [0.2, 0.25) is 5.91 Å². The topological polar surface area (TPSA) is 130 Å². The van der Waals surface area contributed by atoms with Gasteiger partial charge in [-0.25, -0.2) is 4.39 Å². The lowest BCUT2D eigenvalue weighted by Gasteiger charge is -2.20. The second-order valence-electron chi connectivity index (χ2n) is 7.34. The van der Waals surface area contributed by atoms with Crippen molar-refractivity contribution in [2.75, 3.05) is 15.6 Å². The average Bonchev–Trinajstić information content (AvgIpc) is 3.43. The molecule has 0 radical (unpaired) electrons. The van der Waals surface area contributed by atoms with E-state index in [1.807, 2.05) is 6.07 Å². The fraction of sp³-hybridized carbons (Fsp3) is 0.130. The van der Waals surface area contributed by atoms with E-state index >= 15 is 0 Å². The molecule has 0 bridgehead atoms. The van der Waals surface area contributed by atoms with E-state index < -0.39 is 29.6 Å². The highest BCUT2D eigenvalue weighted by atomic mass is 19.1. The number of amides is 3. The van der Waals surface area contributed by atoms with Gasteiger partial charge in [-0.05, 0) is 43.3 Å². The summed E-state index contributed by atoms with van der Waals surface area (Å²) < 4.78 is 19.3. The maximum absolute atomic E-state index is 14.3. The zero-order chi connectivity index (χ0) is 23.5. The zero-order valence-corrected chi connectivity index (χ0v) is 17.5. The molecule has 9 nitrogen and oxygen atoms in total. The first-order valence-electron chi connectivity index (χ1n) is 10.0. The van der Waals surface area contributed by atoms with Crippen LogP contribution >= 0.6 is 0 Å². The lowest BCUT2D eigenvalue weighted by Crippen LogP contribution is -2.39. The van der Waals surface area contributed by atoms with E-state index in [1.165, 1.54) is 29.5 Å². The number of benzene rings is 2. The predicted molar refractivity (Wildman–Crippen MR) is 120 cm³/mol. The number of nitrogens with one attached hydrogen (secondary N) is 2. The minimum absolute atomic E-state index is 0.0145. The standard InChI is InChI=1S/C23H20FN5O4/c1-13-16(9-10-33-13)22(31)27-18-11-14(7-8-17(18)24)26-23(32)19-12-20(21(25)30)29(28-19)15-5-3-2-4-6-15/h2-11,20H,12H2,1H3,(H2,25,30)(H,26,32)(H,27,31). The monoisotopic (exact) mass is 449 g/mol. The van der Waals surface area contributed by atoms with Crippen molar-refractivity contribution in [1.82, 2.24) is 0 Å². The molecule has 0 fully saturated rings. The molecule has 33 heavy (non-hydrogen) atoms. The molecule has 1 unspecified atom stereocenters. The number of anilines is 3. The average molecular weight is 449 g/mol. The van der Waals surface area contributed by atoms with E-state index in [0.717, 1.165) is 6.07 Å². The number of nitrogens with zero attached hydrogens (tertiary/aromatic N) is 2. The maximum Gasteiger partial charge on any atom is 0.271 e. The Labute approximate surface area is 188 Å². The number of hydrogen-bond donors (Lipinski definition) is 3. The van der Waals surface area contributed by atoms with E-state index in [2.05, 4.69) is 15.7 Å². The fourth-order valence-electron chi connectivity index (χ4n) is 3.40. The number of hydrazone groups is 1. The van der Waals surface area contributed by atoms with Crippen molar-refractivity contribution in [3.8, 4) is 0 Å². The lowest BCUT2D eigenvalue weighted by atomic mass is 10.1. The highest BCUT2D eigenvalue weighted by Crippen LogP contribution is 2.26. The summed E-state index contributed by atoms with van der Waals surface area (Å²) in [5, 5.41) is 10.8. The van der Waals surface area contributed by atoms with Crippen molar-refractivity contribution in [3.05, 3.63) is 78.0 Å². The van der Waals surface area contributed by atoms with Crippen molar-refractivity contribution in [3.63, 3.8) is 0 Å². The van der Waals surface area contributed by atoms with Crippen LogP contribution in [-0.4, -0.2) is 29.5 Å². The second-order valence-corrected chi connectivity index (χ2v) is 7.34. The molecule has 10 heteroatoms. The van der Waals surface area contributed by atoms with E-state index in [0.29, 0.717) is 11.4 Å². The zero-order valence-electron chi connectivity index (χ0n) is 17.5. The molecule has 0 saturated carbocycles. The Balaban J connectivity index is 1.51. The van der Waals surface area contributed by atoms with Crippen LogP contribution < -0.4 is 21.4 Å². The van der Waals surface area contributed by atoms with Crippen LogP contribution in [0.4, 0.5) is 21.5 Å². The summed E-state index contributed by atoms with van der Waals surface area (Å²) in [6.07, 6.45) is 1.37. The summed E-state index contributed by atoms with van der Waals surface area (Å²) in [5.41, 5.74) is 6.59. The van der Waals surface area contributed by atoms with E-state index in [1.54, 1.807) is 31.2 Å². The molecule has 2 aromatic carbocycles. The summed E-state index contributed by atoms with van der Waals surface area (Å²) in [6.45, 7) is 1.61. The molecular formula is C23H20FN5O4. The maximum atomic E-state index is 14.3. The summed E-state index contributed by atoms with van der Waals surface area (Å²) in [4.78, 5) is 37.1. The van der Waals surface area contributed by atoms with Gasteiger partial charge in [0, 0.05) is 12.1 Å². The quantitative estimate of drug-likeness (QED) is 0.533. The molecule has 1 aliphatic rings. The van der Waals surface area contributed by atoms with Crippen molar-refractivity contribution in [2.24, 2.45) is 10.8 Å². The SMILES string of the molecule is Cc1occc1C(=O)Nc1cc(NC(=O)C2=NN(c3ccccc3)C(C(N)=O)C2)ccc1F. The molecule has 168 valence electrons. The van der Waals surface area contributed by atoms with E-state index in [4.69, 9.17) is 10.2 Å². The van der Waals surface area contributed by atoms with Gasteiger partial charge >= 0.3 is 0 Å². The van der Waals surface area contributed by atoms with E-state index in [9.17, 15) is 18.8 Å². The molecule has 2 heterocycles. The van der Waals surface area contributed by atoms with Crippen LogP contribution in [0, 0.1) is 12.7 Å². The third kappa shape index (κ3) is 4.59. The molecule has 3 aromatic rings. The van der Waals surface area contributed by atoms with Gasteiger partial charge < -0.3 is 20.8 Å². The molecule has 4 rings (SSSR count). The number of rotatable bonds is 6. The van der Waals surface area contributed by atoms with Gasteiger partial charge in [-0.15, -0.1) is 0 Å². The Morgan fingerprint density at radius 1 is 1.09 bits per heavy atom. The largest absolute Gasteiger partial charge is 0.469 e. The Kier molecular flexibility index (Phi) is 5.90. The van der Waals surface area contributed by atoms with Gasteiger partial charge in [0.15, 0.2) is 0 Å². The summed E-state index contributed by atoms with van der Waals surface area (Å²) in [5.74, 6) is -2.03. The number of halogens is 1. The number of aryl methyl sites for hydroxylation is 1. The minimum Gasteiger partial charge on any atom is -0.469 e. The van der Waals surface area contributed by atoms with Crippen LogP contribution in [0.3, 0.4) is 0 Å². The van der Waals surface area contributed by atoms with Gasteiger partial charge in [-0.2, -0.15) is 5.10 Å². The Morgan fingerprint density at radius 2 is 1.85 bits per heavy atom. The molecule has 4 N–H and O–H groups in total. The van der Waals surface area contributed by atoms with Crippen LogP contribution in [0.25, 0.3) is 0 Å². The van der Waals surface area contributed by atoms with Gasteiger partial charge in [-0.3, -0.25) is 19.4 Å². The fourth-order valence-corrected chi connectivity index (χ4v) is 3.40. The smallest absolute Gasteiger partial charge is 0.271 e. The van der Waals surface area contributed by atoms with E-state index in [-0.39, 0.29) is 29.1 Å². The van der Waals surface area contributed by atoms with Crippen LogP contribution in [0.2, 0.25) is 0 Å². The molecule has 1 aromatic heterocycles. The second kappa shape index (κ2) is 8.95. The van der Waals surface area contributed by atoms with Gasteiger partial charge in [-0.1, -0.05) is 18.2 Å². The third-order valence-electron chi connectivity index (χ3n) is 5.10. The molecular weight excluding hydrogens is 429 g/mol. The molecule has 1 atom stereocenters. The summed E-state index contributed by atoms with van der Waals surface area (Å²) in [7, 11) is 0. The van der Waals surface area contributed by atoms with Crippen molar-refractivity contribution in [2.45, 2.75) is 19.4 Å². The van der Waals surface area contributed by atoms with Crippen molar-refractivity contribution in [1.29, 1.82) is 0 Å². The molecule has 1 aliphatic heterocycles. The predicted octanol–water partition coefficient (Wildman–Crippen LogP) is 3.04. The number of primary amides is 1. The Hall–Kier alpha value is -4.47. The molecule has 0 aliphatic carbocycles. The van der Waals surface area contributed by atoms with Gasteiger partial charge in [0.05, 0.1) is 23.2 Å². The van der Waals surface area contributed by atoms with Gasteiger partial charge in [0.1, 0.15) is 23.3 Å². The number of carbonyl (C=O) groups excluding carboxylic acids is 3. The van der Waals surface area contributed by atoms with Crippen LogP contribution in [-0.2, 0) is 9.59 Å². The molecule has 3 amide bonds. The first-order chi connectivity index (χ1) is 15.8. The van der Waals surface area contributed by atoms with Crippen LogP contribution in [0.5, 0.6) is 0 Å². The van der Waals surface area contributed by atoms with Crippen molar-refractivity contribution >= 4 is 40.5 Å². The lowest BCUT2D eigenvalue weighted by molar-refractivity contribution is -0.119. The molecule has 0 saturated heterocycles. The highest BCUT2D eigenvalue weighted by molar-refractivity contribution is 6.44. The van der Waals surface area contributed by atoms with Crippen LogP contribution in [0.1, 0.15) is 22.5 Å². The van der Waals surface area contributed by atoms with Crippen LogP contribution in [0.15, 0.2) is 70.4 Å². The number of nitrogens with two attached hydrogens (primary N) is 1. The number of para-hydroxylation sites is 1. The summed E-state index contributed by atoms with van der Waals surface area (Å²) in [6, 6.07) is 13.3. The Morgan fingerprint density at radius 3 is 2.52 bits per heavy atom. The normalized spacial score (nSPS) is 15.2. The minimum atomic E-state index is -0.811. The Bertz CT molecular complexity index is 1250. The molecule has 0 spiro atoms. The first-order valence-corrected chi connectivity index (χ1v) is 10.0. The van der Waals surface area contributed by atoms with Gasteiger partial charge in [0.25, 0.3) is 11.8 Å². The first kappa shape index (κ1) is 21.8. The van der Waals surface area contributed by atoms with Crippen molar-refractivity contribution < 1.29 is 23.2 Å². The number of carbonyl (C=O) groups is 3. The number of furan rings is 1. The summed E-state index contributed by atoms with van der Waals surface area (Å²) >= 11 is 0. The number of hydrogen-bond acceptors (Lipinski definition) is 6.